The summed E-state index contributed by atoms with van der Waals surface area (Å²) < 4.78 is 17.7. The number of carbonyl (C=O) groups excluding carboxylic acids is 1. The second kappa shape index (κ2) is 8.66. The van der Waals surface area contributed by atoms with Gasteiger partial charge in [-0.25, -0.2) is 14.4 Å². The van der Waals surface area contributed by atoms with Crippen LogP contribution in [0.15, 0.2) is 41.6 Å². The number of anilines is 3. The molecule has 2 N–H and O–H groups in total. The van der Waals surface area contributed by atoms with Gasteiger partial charge in [-0.15, -0.1) is 11.3 Å². The molecular weight excluding hydrogens is 481 g/mol. The van der Waals surface area contributed by atoms with E-state index in [2.05, 4.69) is 25.7 Å². The summed E-state index contributed by atoms with van der Waals surface area (Å²) in [4.78, 5) is 36.2. The van der Waals surface area contributed by atoms with Crippen molar-refractivity contribution in [3.8, 4) is 11.4 Å². The summed E-state index contributed by atoms with van der Waals surface area (Å²) >= 11 is 1.50. The van der Waals surface area contributed by atoms with Crippen LogP contribution in [0, 0.1) is 5.82 Å². The maximum absolute atomic E-state index is 14.6. The number of thiophene rings is 1. The third kappa shape index (κ3) is 3.89. The Morgan fingerprint density at radius 3 is 2.75 bits per heavy atom. The molecule has 2 bridgehead atoms. The topological polar surface area (TPSA) is 107 Å². The molecule has 2 atom stereocenters. The standard InChI is InChI=1S/C25H24FN7O2S/c1-3-33-11-15(10-27-33)28-23-25(35)32(2)12-19(30-23)18-7-6-17(26)22(29-18)31-24(34)20-9-16-13-4-5-14(8-13)21(16)36-20/h6-7,9-14H,3-5,8H2,1-2H3,(H,28,30)(H,29,31,34). The molecular formula is C25H24FN7O2S. The fraction of sp³-hybridized carbons (Fsp3) is 0.320. The predicted molar refractivity (Wildman–Crippen MR) is 135 cm³/mol. The Morgan fingerprint density at radius 2 is 1.97 bits per heavy atom. The van der Waals surface area contributed by atoms with Gasteiger partial charge in [-0.2, -0.15) is 5.10 Å². The molecule has 1 fully saturated rings. The average Bonchev–Trinajstić information content (AvgIpc) is 3.65. The van der Waals surface area contributed by atoms with Crippen molar-refractivity contribution in [3.05, 3.63) is 68.3 Å². The molecule has 0 aromatic carbocycles. The third-order valence-electron chi connectivity index (χ3n) is 6.89. The molecule has 4 aromatic heterocycles. The first-order chi connectivity index (χ1) is 17.4. The minimum atomic E-state index is -0.647. The summed E-state index contributed by atoms with van der Waals surface area (Å²) in [5.74, 6) is 0.00144. The summed E-state index contributed by atoms with van der Waals surface area (Å²) in [6.45, 7) is 2.65. The van der Waals surface area contributed by atoms with Crippen molar-refractivity contribution in [1.82, 2.24) is 24.3 Å². The van der Waals surface area contributed by atoms with Crippen LogP contribution in [0.1, 0.15) is 58.1 Å². The van der Waals surface area contributed by atoms with Crippen LogP contribution in [0.5, 0.6) is 0 Å². The molecule has 6 rings (SSSR count). The van der Waals surface area contributed by atoms with Gasteiger partial charge < -0.3 is 15.2 Å². The van der Waals surface area contributed by atoms with Gasteiger partial charge in [-0.3, -0.25) is 14.3 Å². The molecule has 1 amide bonds. The molecule has 11 heteroatoms. The molecule has 184 valence electrons. The molecule has 1 saturated carbocycles. The molecule has 2 aliphatic carbocycles. The van der Waals surface area contributed by atoms with E-state index in [-0.39, 0.29) is 23.1 Å². The van der Waals surface area contributed by atoms with E-state index in [1.807, 2.05) is 13.0 Å². The fourth-order valence-corrected chi connectivity index (χ4v) is 6.35. The SMILES string of the molecule is CCn1cc(Nc2nc(-c3ccc(F)c(NC(=O)c4cc5c(s4)C4CCC5C4)n3)cn(C)c2=O)cn1. The smallest absolute Gasteiger partial charge is 0.293 e. The van der Waals surface area contributed by atoms with Crippen LogP contribution in [0.3, 0.4) is 0 Å². The number of hydrogen-bond donors (Lipinski definition) is 2. The summed E-state index contributed by atoms with van der Waals surface area (Å²) in [5.41, 5.74) is 2.24. The van der Waals surface area contributed by atoms with Gasteiger partial charge in [0.05, 0.1) is 22.5 Å². The first kappa shape index (κ1) is 22.6. The Morgan fingerprint density at radius 1 is 1.17 bits per heavy atom. The first-order valence-corrected chi connectivity index (χ1v) is 12.7. The van der Waals surface area contributed by atoms with Crippen molar-refractivity contribution in [2.75, 3.05) is 10.6 Å². The zero-order chi connectivity index (χ0) is 25.0. The molecule has 0 aliphatic heterocycles. The maximum Gasteiger partial charge on any atom is 0.293 e. The largest absolute Gasteiger partial charge is 0.333 e. The van der Waals surface area contributed by atoms with Gasteiger partial charge in [0.2, 0.25) is 0 Å². The number of halogens is 1. The van der Waals surface area contributed by atoms with Crippen LogP contribution >= 0.6 is 11.3 Å². The van der Waals surface area contributed by atoms with Crippen molar-refractivity contribution >= 4 is 34.6 Å². The normalized spacial score (nSPS) is 17.9. The van der Waals surface area contributed by atoms with E-state index >= 15 is 0 Å². The number of aromatic nitrogens is 5. The Bertz CT molecular complexity index is 1530. The molecule has 9 nitrogen and oxygen atoms in total. The van der Waals surface area contributed by atoms with Gasteiger partial charge in [-0.1, -0.05) is 0 Å². The zero-order valence-corrected chi connectivity index (χ0v) is 20.6. The maximum atomic E-state index is 14.6. The van der Waals surface area contributed by atoms with Crippen LogP contribution in [0.4, 0.5) is 21.7 Å². The molecule has 0 spiro atoms. The van der Waals surface area contributed by atoms with Gasteiger partial charge in [0.25, 0.3) is 11.5 Å². The molecule has 2 aliphatic rings. The van der Waals surface area contributed by atoms with E-state index in [1.165, 1.54) is 63.9 Å². The fourth-order valence-electron chi connectivity index (χ4n) is 5.06. The first-order valence-electron chi connectivity index (χ1n) is 11.9. The number of nitrogens with one attached hydrogen (secondary N) is 2. The second-order valence-corrected chi connectivity index (χ2v) is 10.3. The zero-order valence-electron chi connectivity index (χ0n) is 19.8. The number of hydrogen-bond acceptors (Lipinski definition) is 7. The number of aryl methyl sites for hydroxylation is 2. The average molecular weight is 506 g/mol. The number of pyridine rings is 1. The highest BCUT2D eigenvalue weighted by Gasteiger charge is 2.39. The van der Waals surface area contributed by atoms with Gasteiger partial charge in [-0.05, 0) is 61.8 Å². The summed E-state index contributed by atoms with van der Waals surface area (Å²) in [7, 11) is 1.60. The van der Waals surface area contributed by atoms with E-state index in [4.69, 9.17) is 0 Å². The minimum Gasteiger partial charge on any atom is -0.333 e. The van der Waals surface area contributed by atoms with Crippen LogP contribution in [-0.4, -0.2) is 30.2 Å². The van der Waals surface area contributed by atoms with Crippen LogP contribution in [0.25, 0.3) is 11.4 Å². The Labute approximate surface area is 210 Å². The second-order valence-electron chi connectivity index (χ2n) is 9.22. The van der Waals surface area contributed by atoms with Crippen LogP contribution in [-0.2, 0) is 13.6 Å². The summed E-state index contributed by atoms with van der Waals surface area (Å²) in [6, 6.07) is 4.65. The molecule has 36 heavy (non-hydrogen) atoms. The highest BCUT2D eigenvalue weighted by molar-refractivity contribution is 7.14. The van der Waals surface area contributed by atoms with Crippen molar-refractivity contribution < 1.29 is 9.18 Å². The van der Waals surface area contributed by atoms with E-state index in [9.17, 15) is 14.0 Å². The van der Waals surface area contributed by atoms with Gasteiger partial charge in [0, 0.05) is 30.9 Å². The van der Waals surface area contributed by atoms with Crippen molar-refractivity contribution in [2.45, 2.75) is 44.6 Å². The molecule has 4 aromatic rings. The highest BCUT2D eigenvalue weighted by Crippen LogP contribution is 2.55. The van der Waals surface area contributed by atoms with Crippen LogP contribution < -0.4 is 16.2 Å². The number of amides is 1. The van der Waals surface area contributed by atoms with E-state index in [0.29, 0.717) is 40.3 Å². The lowest BCUT2D eigenvalue weighted by molar-refractivity contribution is 0.102. The van der Waals surface area contributed by atoms with E-state index < -0.39 is 5.82 Å². The lowest BCUT2D eigenvalue weighted by atomic mass is 9.99. The highest BCUT2D eigenvalue weighted by atomic mass is 32.1. The minimum absolute atomic E-state index is 0.0881. The molecule has 2 unspecified atom stereocenters. The monoisotopic (exact) mass is 505 g/mol. The lowest BCUT2D eigenvalue weighted by Gasteiger charge is -2.10. The van der Waals surface area contributed by atoms with Crippen LogP contribution in [0.2, 0.25) is 0 Å². The lowest BCUT2D eigenvalue weighted by Crippen LogP contribution is -2.21. The Balaban J connectivity index is 1.27. The number of rotatable bonds is 6. The predicted octanol–water partition coefficient (Wildman–Crippen LogP) is 4.62. The Hall–Kier alpha value is -3.86. The molecule has 0 radical (unpaired) electrons. The van der Waals surface area contributed by atoms with E-state index in [1.54, 1.807) is 24.1 Å². The van der Waals surface area contributed by atoms with Crippen molar-refractivity contribution in [2.24, 2.45) is 7.05 Å². The molecule has 4 heterocycles. The molecule has 0 saturated heterocycles. The van der Waals surface area contributed by atoms with Gasteiger partial charge in [0.15, 0.2) is 17.5 Å². The Kier molecular flexibility index (Phi) is 5.44. The number of fused-ring (bicyclic) bond motifs is 5. The van der Waals surface area contributed by atoms with Crippen molar-refractivity contribution in [3.63, 3.8) is 0 Å². The summed E-state index contributed by atoms with van der Waals surface area (Å²) in [5, 5.41) is 9.81. The summed E-state index contributed by atoms with van der Waals surface area (Å²) in [6.07, 6.45) is 8.44. The van der Waals surface area contributed by atoms with Gasteiger partial charge in [0.1, 0.15) is 5.69 Å². The third-order valence-corrected chi connectivity index (χ3v) is 8.20. The van der Waals surface area contributed by atoms with Gasteiger partial charge >= 0.3 is 0 Å². The van der Waals surface area contributed by atoms with Crippen molar-refractivity contribution in [1.29, 1.82) is 0 Å². The number of carbonyl (C=O) groups is 1. The quantitative estimate of drug-likeness (QED) is 0.396. The number of nitrogens with zero attached hydrogens (tertiary/aromatic N) is 5. The van der Waals surface area contributed by atoms with E-state index in [0.717, 1.165) is 0 Å².